The maximum absolute atomic E-state index is 4.36. The van der Waals surface area contributed by atoms with Crippen molar-refractivity contribution in [1.29, 1.82) is 0 Å². The molecule has 3 rings (SSSR count). The van der Waals surface area contributed by atoms with E-state index in [9.17, 15) is 0 Å². The Balaban J connectivity index is 1.97. The van der Waals surface area contributed by atoms with Crippen molar-refractivity contribution in [3.63, 3.8) is 0 Å². The average molecular weight is 394 g/mol. The van der Waals surface area contributed by atoms with E-state index in [1.54, 1.807) is 0 Å². The molecule has 5 nitrogen and oxygen atoms in total. The van der Waals surface area contributed by atoms with E-state index in [0.29, 0.717) is 6.54 Å². The summed E-state index contributed by atoms with van der Waals surface area (Å²) in [6.45, 7) is 6.33. The van der Waals surface area contributed by atoms with Crippen LogP contribution in [0.25, 0.3) is 11.4 Å². The molecule has 0 radical (unpaired) electrons. The molecular formula is C14H12BrN5S2. The quantitative estimate of drug-likeness (QED) is 0.607. The van der Waals surface area contributed by atoms with Crippen LogP contribution in [0.2, 0.25) is 0 Å². The number of benzene rings is 1. The molecule has 0 amide bonds. The maximum atomic E-state index is 4.36. The van der Waals surface area contributed by atoms with E-state index in [4.69, 9.17) is 0 Å². The third kappa shape index (κ3) is 3.29. The number of rotatable bonds is 5. The zero-order valence-electron chi connectivity index (χ0n) is 11.7. The van der Waals surface area contributed by atoms with Gasteiger partial charge in [0.25, 0.3) is 0 Å². The van der Waals surface area contributed by atoms with Crippen LogP contribution in [0.1, 0.15) is 5.82 Å². The van der Waals surface area contributed by atoms with E-state index in [0.717, 1.165) is 31.2 Å². The average Bonchev–Trinajstić information content (AvgIpc) is 3.08. The van der Waals surface area contributed by atoms with Crippen molar-refractivity contribution in [3.8, 4) is 11.4 Å². The van der Waals surface area contributed by atoms with Gasteiger partial charge in [-0.3, -0.25) is 4.57 Å². The second-order valence-electron chi connectivity index (χ2n) is 4.42. The van der Waals surface area contributed by atoms with Crippen LogP contribution in [0.5, 0.6) is 0 Å². The van der Waals surface area contributed by atoms with Crippen LogP contribution in [-0.2, 0) is 6.54 Å². The highest BCUT2D eigenvalue weighted by molar-refractivity contribution is 9.10. The minimum Gasteiger partial charge on any atom is -0.298 e. The Morgan fingerprint density at radius 1 is 1.32 bits per heavy atom. The maximum Gasteiger partial charge on any atom is 0.198 e. The predicted molar refractivity (Wildman–Crippen MR) is 92.1 cm³/mol. The fraction of sp³-hybridized carbons (Fsp3) is 0.143. The lowest BCUT2D eigenvalue weighted by atomic mass is 10.2. The summed E-state index contributed by atoms with van der Waals surface area (Å²) in [6.07, 6.45) is 1.83. The molecule has 22 heavy (non-hydrogen) atoms. The number of hydrogen-bond donors (Lipinski definition) is 0. The normalized spacial score (nSPS) is 10.8. The van der Waals surface area contributed by atoms with Gasteiger partial charge in [0.2, 0.25) is 0 Å². The summed E-state index contributed by atoms with van der Waals surface area (Å²) < 4.78 is 8.11. The minimum atomic E-state index is 0.637. The first kappa shape index (κ1) is 15.4. The Kier molecular flexibility index (Phi) is 4.70. The van der Waals surface area contributed by atoms with Crippen molar-refractivity contribution < 1.29 is 0 Å². The largest absolute Gasteiger partial charge is 0.298 e. The number of hydrogen-bond acceptors (Lipinski definition) is 6. The Morgan fingerprint density at radius 2 is 2.09 bits per heavy atom. The fourth-order valence-corrected chi connectivity index (χ4v) is 3.73. The van der Waals surface area contributed by atoms with Gasteiger partial charge in [-0.2, -0.15) is 4.37 Å². The molecule has 112 valence electrons. The molecule has 0 saturated carbocycles. The highest BCUT2D eigenvalue weighted by Gasteiger charge is 2.15. The topological polar surface area (TPSA) is 56.5 Å². The molecule has 0 aliphatic carbocycles. The first-order valence-electron chi connectivity index (χ1n) is 6.45. The molecule has 0 N–H and O–H groups in total. The van der Waals surface area contributed by atoms with Gasteiger partial charge in [-0.25, -0.2) is 4.98 Å². The van der Waals surface area contributed by atoms with Crippen LogP contribution in [0, 0.1) is 6.92 Å². The summed E-state index contributed by atoms with van der Waals surface area (Å²) in [5, 5.41) is 9.40. The van der Waals surface area contributed by atoms with Crippen LogP contribution in [0.4, 0.5) is 0 Å². The fourth-order valence-electron chi connectivity index (χ4n) is 1.87. The van der Waals surface area contributed by atoms with Crippen molar-refractivity contribution in [2.45, 2.75) is 23.0 Å². The molecule has 0 aliphatic rings. The predicted octanol–water partition coefficient (Wildman–Crippen LogP) is 4.20. The monoisotopic (exact) mass is 393 g/mol. The van der Waals surface area contributed by atoms with E-state index in [1.165, 1.54) is 23.3 Å². The van der Waals surface area contributed by atoms with E-state index in [1.807, 2.05) is 41.8 Å². The molecular weight excluding hydrogens is 382 g/mol. The molecule has 0 unspecified atom stereocenters. The molecule has 0 fully saturated rings. The Hall–Kier alpha value is -1.51. The lowest BCUT2D eigenvalue weighted by Gasteiger charge is -2.06. The molecule has 0 aliphatic heterocycles. The molecule has 3 aromatic rings. The summed E-state index contributed by atoms with van der Waals surface area (Å²) in [5.74, 6) is 1.59. The standard InChI is InChI=1S/C14H12BrN5S2/c1-3-8-20-12(10-4-6-11(15)7-5-10)17-18-13(20)21-14-16-9(2)19-22-14/h3-7H,1,8H2,2H3. The summed E-state index contributed by atoms with van der Waals surface area (Å²) in [5.41, 5.74) is 1.01. The van der Waals surface area contributed by atoms with Gasteiger partial charge in [0.15, 0.2) is 15.3 Å². The first-order valence-corrected chi connectivity index (χ1v) is 8.84. The van der Waals surface area contributed by atoms with Crippen LogP contribution in [0.3, 0.4) is 0 Å². The smallest absolute Gasteiger partial charge is 0.198 e. The number of nitrogens with zero attached hydrogens (tertiary/aromatic N) is 5. The molecule has 0 atom stereocenters. The third-order valence-corrected chi connectivity index (χ3v) is 5.17. The minimum absolute atomic E-state index is 0.637. The van der Waals surface area contributed by atoms with Gasteiger partial charge in [-0.05, 0) is 42.4 Å². The summed E-state index contributed by atoms with van der Waals surface area (Å²) in [7, 11) is 0. The summed E-state index contributed by atoms with van der Waals surface area (Å²) in [4.78, 5) is 4.36. The highest BCUT2D eigenvalue weighted by Crippen LogP contribution is 2.30. The number of halogens is 1. The number of aryl methyl sites for hydroxylation is 1. The van der Waals surface area contributed by atoms with Gasteiger partial charge in [0.05, 0.1) is 0 Å². The van der Waals surface area contributed by atoms with Gasteiger partial charge in [0, 0.05) is 16.6 Å². The third-order valence-electron chi connectivity index (χ3n) is 2.82. The zero-order valence-corrected chi connectivity index (χ0v) is 15.0. The first-order chi connectivity index (χ1) is 10.7. The molecule has 8 heteroatoms. The number of aromatic nitrogens is 5. The Bertz CT molecular complexity index is 794. The van der Waals surface area contributed by atoms with Gasteiger partial charge < -0.3 is 0 Å². The second kappa shape index (κ2) is 6.72. The lowest BCUT2D eigenvalue weighted by Crippen LogP contribution is -2.00. The van der Waals surface area contributed by atoms with Crippen LogP contribution >= 0.6 is 39.2 Å². The SMILES string of the molecule is C=CCn1c(Sc2nc(C)ns2)nnc1-c1ccc(Br)cc1. The Labute approximate surface area is 144 Å². The van der Waals surface area contributed by atoms with Crippen molar-refractivity contribution in [2.24, 2.45) is 0 Å². The van der Waals surface area contributed by atoms with Crippen molar-refractivity contribution in [1.82, 2.24) is 24.1 Å². The second-order valence-corrected chi connectivity index (χ2v) is 7.30. The molecule has 2 aromatic heterocycles. The summed E-state index contributed by atoms with van der Waals surface area (Å²) >= 11 is 6.28. The van der Waals surface area contributed by atoms with Crippen LogP contribution < -0.4 is 0 Å². The van der Waals surface area contributed by atoms with Crippen LogP contribution in [0.15, 0.2) is 50.9 Å². The van der Waals surface area contributed by atoms with Gasteiger partial charge in [-0.1, -0.05) is 34.1 Å². The van der Waals surface area contributed by atoms with E-state index >= 15 is 0 Å². The van der Waals surface area contributed by atoms with Crippen LogP contribution in [-0.4, -0.2) is 24.1 Å². The highest BCUT2D eigenvalue weighted by atomic mass is 79.9. The molecule has 0 bridgehead atoms. The van der Waals surface area contributed by atoms with Gasteiger partial charge in [0.1, 0.15) is 5.82 Å². The van der Waals surface area contributed by atoms with Gasteiger partial charge in [-0.15, -0.1) is 16.8 Å². The number of allylic oxidation sites excluding steroid dienone is 1. The van der Waals surface area contributed by atoms with E-state index in [-0.39, 0.29) is 0 Å². The Morgan fingerprint density at radius 3 is 2.73 bits per heavy atom. The van der Waals surface area contributed by atoms with Crippen molar-refractivity contribution >= 4 is 39.2 Å². The lowest BCUT2D eigenvalue weighted by molar-refractivity contribution is 0.731. The molecule has 0 spiro atoms. The van der Waals surface area contributed by atoms with Gasteiger partial charge >= 0.3 is 0 Å². The van der Waals surface area contributed by atoms with E-state index in [2.05, 4.69) is 42.1 Å². The summed E-state index contributed by atoms with van der Waals surface area (Å²) in [6, 6.07) is 8.00. The molecule has 1 aromatic carbocycles. The zero-order chi connectivity index (χ0) is 15.5. The van der Waals surface area contributed by atoms with Crippen molar-refractivity contribution in [3.05, 3.63) is 47.2 Å². The van der Waals surface area contributed by atoms with Crippen molar-refractivity contribution in [2.75, 3.05) is 0 Å². The molecule has 2 heterocycles. The van der Waals surface area contributed by atoms with E-state index < -0.39 is 0 Å². The molecule has 0 saturated heterocycles.